The van der Waals surface area contributed by atoms with Gasteiger partial charge in [0.15, 0.2) is 0 Å². The van der Waals surface area contributed by atoms with Gasteiger partial charge in [-0.2, -0.15) is 0 Å². The summed E-state index contributed by atoms with van der Waals surface area (Å²) >= 11 is 0. The van der Waals surface area contributed by atoms with Gasteiger partial charge in [-0.15, -0.1) is 12.1 Å². The zero-order chi connectivity index (χ0) is 52.8. The van der Waals surface area contributed by atoms with Gasteiger partial charge < -0.3 is 9.67 Å². The minimum atomic E-state index is -2.20. The summed E-state index contributed by atoms with van der Waals surface area (Å²) in [5.41, 5.74) is 16.1. The molecule has 0 unspecified atom stereocenters. The Labute approximate surface area is 448 Å². The summed E-state index contributed by atoms with van der Waals surface area (Å²) in [4.78, 5) is 10.8. The summed E-state index contributed by atoms with van der Waals surface area (Å²) in [6.45, 7) is 17.6. The number of aryl methyl sites for hydroxylation is 1. The summed E-state index contributed by atoms with van der Waals surface area (Å²) in [5, 5.41) is 14.9. The van der Waals surface area contributed by atoms with Gasteiger partial charge in [0.05, 0.1) is 22.3 Å². The fourth-order valence-corrected chi connectivity index (χ4v) is 10.2. The SMILES string of the molecule is [2H]C([2H])([2H])c1ccc(-c2ccnc(-c3[c-]c(-c4cccc5c4nc(-c4cc(C(C)(C)C)cc(C(C)(C)C)c4O)n5-c4ccc(C(C)(C)C)cc4-c4ccccc4)c4c(c3)c3ccccc3n4-c3ccccc3)c2)cc1.[Pt]. The van der Waals surface area contributed by atoms with Crippen LogP contribution in [0, 0.1) is 12.9 Å². The van der Waals surface area contributed by atoms with E-state index < -0.39 is 6.85 Å². The standard InChI is InChI=1S/C67H61N4O.Pt/c1-42-28-30-43(31-29-42)45-34-35-68-57(38-45)46-36-53-50-24-17-18-26-58(50)70(49-22-15-12-16-23-49)62(53)54(37-46)51-25-19-27-60-61(51)69-64(55-40-48(66(5,6)7)41-56(63(55)72)67(8,9)10)71(60)59-33-32-47(65(2,3)4)39-52(59)44-20-13-11-14-21-44;/h11-36,38-41,72H,1-10H3;/q-1;/i1D3;. The molecule has 11 aromatic rings. The maximum absolute atomic E-state index is 12.8. The first-order chi connectivity index (χ1) is 35.6. The molecule has 366 valence electrons. The number of phenolic OH excluding ortho intramolecular Hbond substituents is 1. The third kappa shape index (κ3) is 8.93. The van der Waals surface area contributed by atoms with Gasteiger partial charge >= 0.3 is 0 Å². The Morgan fingerprint density at radius 2 is 1.21 bits per heavy atom. The first kappa shape index (κ1) is 45.5. The van der Waals surface area contributed by atoms with Crippen molar-refractivity contribution in [2.75, 3.05) is 0 Å². The van der Waals surface area contributed by atoms with E-state index in [4.69, 9.17) is 14.1 Å². The molecule has 5 nitrogen and oxygen atoms in total. The molecule has 8 aromatic carbocycles. The second-order valence-electron chi connectivity index (χ2n) is 22.2. The van der Waals surface area contributed by atoms with E-state index in [0.717, 1.165) is 100.0 Å². The number of nitrogens with zero attached hydrogens (tertiary/aromatic N) is 4. The van der Waals surface area contributed by atoms with E-state index in [-0.39, 0.29) is 43.1 Å². The predicted molar refractivity (Wildman–Crippen MR) is 302 cm³/mol. The summed E-state index contributed by atoms with van der Waals surface area (Å²) in [5.74, 6) is 0.836. The Kier molecular flexibility index (Phi) is 11.6. The third-order valence-electron chi connectivity index (χ3n) is 14.1. The average molecular weight is 1140 g/mol. The smallest absolute Gasteiger partial charge is 0.148 e. The van der Waals surface area contributed by atoms with E-state index in [2.05, 4.69) is 217 Å². The van der Waals surface area contributed by atoms with Gasteiger partial charge in [-0.05, 0) is 110 Å². The second-order valence-corrected chi connectivity index (χ2v) is 22.2. The van der Waals surface area contributed by atoms with Crippen molar-refractivity contribution in [2.45, 2.75) is 85.4 Å². The zero-order valence-corrected chi connectivity index (χ0v) is 45.1. The van der Waals surface area contributed by atoms with Gasteiger partial charge in [-0.1, -0.05) is 211 Å². The van der Waals surface area contributed by atoms with Crippen LogP contribution in [0.4, 0.5) is 0 Å². The zero-order valence-electron chi connectivity index (χ0n) is 45.9. The summed E-state index contributed by atoms with van der Waals surface area (Å²) < 4.78 is 28.5. The Morgan fingerprint density at radius 1 is 0.534 bits per heavy atom. The van der Waals surface area contributed by atoms with E-state index in [0.29, 0.717) is 17.0 Å². The van der Waals surface area contributed by atoms with Crippen molar-refractivity contribution in [1.82, 2.24) is 19.1 Å². The first-order valence-corrected chi connectivity index (χ1v) is 24.9. The van der Waals surface area contributed by atoms with E-state index in [1.165, 1.54) is 5.56 Å². The first-order valence-electron chi connectivity index (χ1n) is 26.4. The normalized spacial score (nSPS) is 13.0. The summed E-state index contributed by atoms with van der Waals surface area (Å²) in [7, 11) is 0. The van der Waals surface area contributed by atoms with Crippen molar-refractivity contribution in [3.8, 4) is 73.2 Å². The van der Waals surface area contributed by atoms with Gasteiger partial charge in [-0.25, -0.2) is 4.98 Å². The van der Waals surface area contributed by atoms with Crippen LogP contribution in [0.1, 0.15) is 88.7 Å². The van der Waals surface area contributed by atoms with Crippen LogP contribution >= 0.6 is 0 Å². The number of imidazole rings is 1. The minimum absolute atomic E-state index is 0. The van der Waals surface area contributed by atoms with E-state index in [1.807, 2.05) is 24.3 Å². The molecule has 0 saturated carbocycles. The number of rotatable bonds is 7. The maximum atomic E-state index is 12.8. The van der Waals surface area contributed by atoms with E-state index in [1.54, 1.807) is 18.3 Å². The van der Waals surface area contributed by atoms with Crippen molar-refractivity contribution in [3.05, 3.63) is 210 Å². The molecule has 0 aliphatic rings. The molecule has 3 aromatic heterocycles. The van der Waals surface area contributed by atoms with Crippen LogP contribution in [0.5, 0.6) is 5.75 Å². The Bertz CT molecular complexity index is 3980. The van der Waals surface area contributed by atoms with Crippen molar-refractivity contribution >= 4 is 32.8 Å². The maximum Gasteiger partial charge on any atom is 0.148 e. The van der Waals surface area contributed by atoms with Gasteiger partial charge in [0.2, 0.25) is 0 Å². The quantitative estimate of drug-likeness (QED) is 0.162. The molecule has 0 aliphatic carbocycles. The monoisotopic (exact) mass is 1140 g/mol. The van der Waals surface area contributed by atoms with Gasteiger partial charge in [0, 0.05) is 59.4 Å². The number of pyridine rings is 1. The second kappa shape index (κ2) is 18.6. The number of aromatic hydroxyl groups is 1. The number of benzene rings is 8. The van der Waals surface area contributed by atoms with Crippen LogP contribution < -0.4 is 0 Å². The number of phenols is 1. The molecule has 0 bridgehead atoms. The average Bonchev–Trinajstić information content (AvgIpc) is 4.02. The number of fused-ring (bicyclic) bond motifs is 4. The molecule has 0 atom stereocenters. The van der Waals surface area contributed by atoms with Crippen LogP contribution in [0.3, 0.4) is 0 Å². The van der Waals surface area contributed by atoms with Gasteiger partial charge in [0.1, 0.15) is 11.6 Å². The van der Waals surface area contributed by atoms with E-state index in [9.17, 15) is 5.11 Å². The molecule has 0 amide bonds. The minimum Gasteiger partial charge on any atom is -0.507 e. The summed E-state index contributed by atoms with van der Waals surface area (Å²) in [6.07, 6.45) is 1.81. The molecule has 3 heterocycles. The Balaban J connectivity index is 0.00000657. The molecular formula is C67H61N4OPt-. The Hall–Kier alpha value is -7.33. The van der Waals surface area contributed by atoms with Crippen LogP contribution in [0.2, 0.25) is 0 Å². The number of hydrogen-bond donors (Lipinski definition) is 1. The van der Waals surface area contributed by atoms with Crippen molar-refractivity contribution in [2.24, 2.45) is 0 Å². The molecule has 11 rings (SSSR count). The van der Waals surface area contributed by atoms with Crippen molar-refractivity contribution < 1.29 is 30.3 Å². The molecule has 0 saturated heterocycles. The fourth-order valence-electron chi connectivity index (χ4n) is 10.2. The molecule has 1 N–H and O–H groups in total. The van der Waals surface area contributed by atoms with Crippen LogP contribution in [0.25, 0.3) is 100 Å². The topological polar surface area (TPSA) is 55.9 Å². The molecule has 73 heavy (non-hydrogen) atoms. The molecular weight excluding hydrogens is 1070 g/mol. The molecule has 0 aliphatic heterocycles. The van der Waals surface area contributed by atoms with Crippen LogP contribution in [-0.2, 0) is 37.3 Å². The van der Waals surface area contributed by atoms with E-state index >= 15 is 0 Å². The number of hydrogen-bond acceptors (Lipinski definition) is 3. The van der Waals surface area contributed by atoms with Crippen molar-refractivity contribution in [3.63, 3.8) is 0 Å². The number of para-hydroxylation sites is 3. The molecule has 0 fully saturated rings. The number of aromatic nitrogens is 4. The Morgan fingerprint density at radius 3 is 1.90 bits per heavy atom. The third-order valence-corrected chi connectivity index (χ3v) is 14.1. The summed E-state index contributed by atoms with van der Waals surface area (Å²) in [6, 6.07) is 64.3. The van der Waals surface area contributed by atoms with Crippen LogP contribution in [-0.4, -0.2) is 24.2 Å². The molecule has 0 spiro atoms. The van der Waals surface area contributed by atoms with Crippen molar-refractivity contribution in [1.29, 1.82) is 0 Å². The molecule has 0 radical (unpaired) electrons. The molecule has 6 heteroatoms. The van der Waals surface area contributed by atoms with Gasteiger partial charge in [0.25, 0.3) is 0 Å². The fraction of sp³-hybridized carbons (Fsp3) is 0.194. The van der Waals surface area contributed by atoms with Gasteiger partial charge in [-0.3, -0.25) is 9.55 Å². The van der Waals surface area contributed by atoms with Crippen LogP contribution in [0.15, 0.2) is 182 Å². The predicted octanol–water partition coefficient (Wildman–Crippen LogP) is 17.6. The largest absolute Gasteiger partial charge is 0.507 e.